The molecule has 2 aromatic rings. The lowest BCUT2D eigenvalue weighted by Crippen LogP contribution is -2.23. The van der Waals surface area contributed by atoms with E-state index in [1.807, 2.05) is 16.9 Å². The van der Waals surface area contributed by atoms with Crippen molar-refractivity contribution in [3.63, 3.8) is 0 Å². The van der Waals surface area contributed by atoms with Crippen molar-refractivity contribution in [3.05, 3.63) is 45.4 Å². The summed E-state index contributed by atoms with van der Waals surface area (Å²) in [4.78, 5) is 15.9. The van der Waals surface area contributed by atoms with E-state index in [-0.39, 0.29) is 10.7 Å². The molecule has 0 aliphatic heterocycles. The molecule has 0 saturated carbocycles. The highest BCUT2D eigenvalue weighted by molar-refractivity contribution is 6.29. The molecule has 19 heavy (non-hydrogen) atoms. The third kappa shape index (κ3) is 3.04. The SMILES string of the molecule is CCC(C)n1ccc(Cn2c(C)nc(Cl)cc2=O)n1. The van der Waals surface area contributed by atoms with Crippen molar-refractivity contribution in [1.29, 1.82) is 0 Å². The van der Waals surface area contributed by atoms with E-state index in [0.717, 1.165) is 12.1 Å². The van der Waals surface area contributed by atoms with Crippen molar-refractivity contribution in [3.8, 4) is 0 Å². The van der Waals surface area contributed by atoms with Crippen LogP contribution in [-0.4, -0.2) is 19.3 Å². The van der Waals surface area contributed by atoms with Gasteiger partial charge in [-0.1, -0.05) is 18.5 Å². The average molecular weight is 281 g/mol. The Kier molecular flexibility index (Phi) is 4.04. The maximum atomic E-state index is 11.9. The predicted octanol–water partition coefficient (Wildman–Crippen LogP) is 2.42. The fourth-order valence-electron chi connectivity index (χ4n) is 1.84. The summed E-state index contributed by atoms with van der Waals surface area (Å²) in [6, 6.07) is 3.60. The zero-order valence-electron chi connectivity index (χ0n) is 11.3. The maximum Gasteiger partial charge on any atom is 0.255 e. The smallest absolute Gasteiger partial charge is 0.255 e. The van der Waals surface area contributed by atoms with Crippen LogP contribution in [0.2, 0.25) is 5.15 Å². The van der Waals surface area contributed by atoms with Crippen LogP contribution in [0.15, 0.2) is 23.1 Å². The third-order valence-electron chi connectivity index (χ3n) is 3.19. The molecular formula is C13H17ClN4O. The molecule has 2 heterocycles. The summed E-state index contributed by atoms with van der Waals surface area (Å²) in [5, 5.41) is 4.70. The van der Waals surface area contributed by atoms with Gasteiger partial charge < -0.3 is 0 Å². The van der Waals surface area contributed by atoms with Gasteiger partial charge in [0, 0.05) is 18.3 Å². The Morgan fingerprint density at radius 3 is 2.84 bits per heavy atom. The molecule has 0 aromatic carbocycles. The van der Waals surface area contributed by atoms with E-state index in [1.165, 1.54) is 6.07 Å². The quantitative estimate of drug-likeness (QED) is 0.808. The molecule has 1 atom stereocenters. The lowest BCUT2D eigenvalue weighted by atomic mass is 10.3. The average Bonchev–Trinajstić information content (AvgIpc) is 2.81. The summed E-state index contributed by atoms with van der Waals surface area (Å²) < 4.78 is 3.48. The van der Waals surface area contributed by atoms with Gasteiger partial charge in [0.05, 0.1) is 12.2 Å². The highest BCUT2D eigenvalue weighted by Gasteiger charge is 2.08. The number of rotatable bonds is 4. The molecule has 0 bridgehead atoms. The number of aromatic nitrogens is 4. The number of halogens is 1. The first kappa shape index (κ1) is 13.8. The number of nitrogens with zero attached hydrogens (tertiary/aromatic N) is 4. The topological polar surface area (TPSA) is 52.7 Å². The summed E-state index contributed by atoms with van der Waals surface area (Å²) in [5.74, 6) is 0.593. The molecule has 0 N–H and O–H groups in total. The monoisotopic (exact) mass is 280 g/mol. The Balaban J connectivity index is 2.27. The van der Waals surface area contributed by atoms with Crippen LogP contribution < -0.4 is 5.56 Å². The van der Waals surface area contributed by atoms with Crippen LogP contribution in [0.4, 0.5) is 0 Å². The van der Waals surface area contributed by atoms with Gasteiger partial charge in [-0.15, -0.1) is 0 Å². The van der Waals surface area contributed by atoms with E-state index in [0.29, 0.717) is 18.4 Å². The molecule has 0 radical (unpaired) electrons. The van der Waals surface area contributed by atoms with Crippen LogP contribution in [0.25, 0.3) is 0 Å². The van der Waals surface area contributed by atoms with E-state index in [2.05, 4.69) is 23.9 Å². The van der Waals surface area contributed by atoms with Gasteiger partial charge >= 0.3 is 0 Å². The zero-order chi connectivity index (χ0) is 14.0. The fraction of sp³-hybridized carbons (Fsp3) is 0.462. The van der Waals surface area contributed by atoms with Crippen molar-refractivity contribution < 1.29 is 0 Å². The Morgan fingerprint density at radius 2 is 2.21 bits per heavy atom. The highest BCUT2D eigenvalue weighted by atomic mass is 35.5. The Morgan fingerprint density at radius 1 is 1.47 bits per heavy atom. The normalized spacial score (nSPS) is 12.6. The molecule has 0 saturated heterocycles. The van der Waals surface area contributed by atoms with E-state index in [1.54, 1.807) is 11.5 Å². The largest absolute Gasteiger partial charge is 0.291 e. The van der Waals surface area contributed by atoms with Gasteiger partial charge in [0.2, 0.25) is 0 Å². The summed E-state index contributed by atoms with van der Waals surface area (Å²) in [6.45, 7) is 6.40. The van der Waals surface area contributed by atoms with Gasteiger partial charge in [0.1, 0.15) is 11.0 Å². The minimum absolute atomic E-state index is 0.157. The first-order valence-corrected chi connectivity index (χ1v) is 6.67. The zero-order valence-corrected chi connectivity index (χ0v) is 12.1. The second-order valence-electron chi connectivity index (χ2n) is 4.59. The molecule has 1 unspecified atom stereocenters. The van der Waals surface area contributed by atoms with Crippen molar-refractivity contribution in [2.45, 2.75) is 39.8 Å². The van der Waals surface area contributed by atoms with E-state index >= 15 is 0 Å². The first-order chi connectivity index (χ1) is 9.01. The summed E-state index contributed by atoms with van der Waals surface area (Å²) >= 11 is 5.75. The molecule has 2 aromatic heterocycles. The third-order valence-corrected chi connectivity index (χ3v) is 3.39. The molecule has 0 amide bonds. The molecule has 2 rings (SSSR count). The maximum absolute atomic E-state index is 11.9. The van der Waals surface area contributed by atoms with Crippen LogP contribution in [0.1, 0.15) is 37.8 Å². The predicted molar refractivity (Wildman–Crippen MR) is 74.6 cm³/mol. The molecule has 0 fully saturated rings. The molecule has 0 aliphatic rings. The lowest BCUT2D eigenvalue weighted by Gasteiger charge is -2.09. The van der Waals surface area contributed by atoms with E-state index < -0.39 is 0 Å². The minimum Gasteiger partial charge on any atom is -0.291 e. The van der Waals surface area contributed by atoms with Crippen molar-refractivity contribution >= 4 is 11.6 Å². The van der Waals surface area contributed by atoms with E-state index in [9.17, 15) is 4.79 Å². The minimum atomic E-state index is -0.157. The second-order valence-corrected chi connectivity index (χ2v) is 4.98. The van der Waals surface area contributed by atoms with Crippen molar-refractivity contribution in [2.24, 2.45) is 0 Å². The summed E-state index contributed by atoms with van der Waals surface area (Å²) in [5.41, 5.74) is 0.685. The first-order valence-electron chi connectivity index (χ1n) is 6.29. The van der Waals surface area contributed by atoms with Crippen LogP contribution in [0.3, 0.4) is 0 Å². The molecule has 0 aliphatic carbocycles. The van der Waals surface area contributed by atoms with Crippen LogP contribution >= 0.6 is 11.6 Å². The molecular weight excluding hydrogens is 264 g/mol. The molecule has 0 spiro atoms. The van der Waals surface area contributed by atoms with Crippen LogP contribution in [0, 0.1) is 6.92 Å². The molecule has 6 heteroatoms. The Hall–Kier alpha value is -1.62. The number of hydrogen-bond donors (Lipinski definition) is 0. The van der Waals surface area contributed by atoms with Crippen LogP contribution in [-0.2, 0) is 6.54 Å². The van der Waals surface area contributed by atoms with Crippen LogP contribution in [0.5, 0.6) is 0 Å². The van der Waals surface area contributed by atoms with Gasteiger partial charge in [-0.05, 0) is 26.3 Å². The van der Waals surface area contributed by atoms with Gasteiger partial charge in [-0.25, -0.2) is 4.98 Å². The van der Waals surface area contributed by atoms with Crippen molar-refractivity contribution in [2.75, 3.05) is 0 Å². The number of hydrogen-bond acceptors (Lipinski definition) is 3. The summed E-state index contributed by atoms with van der Waals surface area (Å²) in [7, 11) is 0. The van der Waals surface area contributed by atoms with Gasteiger partial charge in [0.15, 0.2) is 0 Å². The van der Waals surface area contributed by atoms with Gasteiger partial charge in [0.25, 0.3) is 5.56 Å². The van der Waals surface area contributed by atoms with E-state index in [4.69, 9.17) is 11.6 Å². The van der Waals surface area contributed by atoms with Crippen molar-refractivity contribution in [1.82, 2.24) is 19.3 Å². The standard InChI is InChI=1S/C13H17ClN4O/c1-4-9(2)18-6-5-11(16-18)8-17-10(3)15-12(14)7-13(17)19/h5-7,9H,4,8H2,1-3H3. The fourth-order valence-corrected chi connectivity index (χ4v) is 2.05. The summed E-state index contributed by atoms with van der Waals surface area (Å²) in [6.07, 6.45) is 2.95. The molecule has 102 valence electrons. The van der Waals surface area contributed by atoms with Gasteiger partial charge in [-0.3, -0.25) is 14.0 Å². The Labute approximate surface area is 116 Å². The second kappa shape index (κ2) is 5.57. The highest BCUT2D eigenvalue weighted by Crippen LogP contribution is 2.10. The lowest BCUT2D eigenvalue weighted by molar-refractivity contribution is 0.471. The Bertz CT molecular complexity index is 632. The number of aryl methyl sites for hydroxylation is 1. The van der Waals surface area contributed by atoms with Gasteiger partial charge in [-0.2, -0.15) is 5.10 Å². The molecule has 5 nitrogen and oxygen atoms in total.